The quantitative estimate of drug-likeness (QED) is 0.617. The van der Waals surface area contributed by atoms with Gasteiger partial charge in [0.15, 0.2) is 0 Å². The number of para-hydroxylation sites is 1. The van der Waals surface area contributed by atoms with Crippen molar-refractivity contribution in [2.75, 3.05) is 0 Å². The van der Waals surface area contributed by atoms with Crippen LogP contribution in [0.3, 0.4) is 0 Å². The van der Waals surface area contributed by atoms with Crippen LogP contribution < -0.4 is 0 Å². The molecule has 1 heterocycles. The number of benzene rings is 2. The van der Waals surface area contributed by atoms with Crippen molar-refractivity contribution < 1.29 is 4.42 Å². The summed E-state index contributed by atoms with van der Waals surface area (Å²) in [5, 5.41) is 1.18. The second-order valence-corrected chi connectivity index (χ2v) is 5.09. The Morgan fingerprint density at radius 3 is 2.35 bits per heavy atom. The van der Waals surface area contributed by atoms with Crippen LogP contribution in [-0.4, -0.2) is 21.8 Å². The van der Waals surface area contributed by atoms with Gasteiger partial charge in [-0.1, -0.05) is 0 Å². The molecule has 0 aliphatic heterocycles. The molecule has 0 aliphatic rings. The molecule has 1 aromatic heterocycles. The molecule has 0 radical (unpaired) electrons. The van der Waals surface area contributed by atoms with Crippen LogP contribution in [0.5, 0.6) is 0 Å². The van der Waals surface area contributed by atoms with Crippen molar-refractivity contribution in [1.29, 1.82) is 0 Å². The van der Waals surface area contributed by atoms with Crippen LogP contribution in [0.15, 0.2) is 65.1 Å². The Kier molecular flexibility index (Phi) is 2.84. The molecule has 0 unspecified atom stereocenters. The number of hydrogen-bond acceptors (Lipinski definition) is 1. The Hall–Kier alpha value is -1.36. The fourth-order valence-corrected chi connectivity index (χ4v) is 2.64. The van der Waals surface area contributed by atoms with Crippen LogP contribution in [0.25, 0.3) is 22.3 Å². The van der Waals surface area contributed by atoms with Crippen molar-refractivity contribution in [3.8, 4) is 11.3 Å². The van der Waals surface area contributed by atoms with Gasteiger partial charge in [-0.25, -0.2) is 0 Å². The number of hydrogen-bond donors (Lipinski definition) is 0. The fourth-order valence-electron chi connectivity index (χ4n) is 1.85. The molecule has 0 saturated heterocycles. The average molecular weight is 334 g/mol. The topological polar surface area (TPSA) is 13.1 Å². The van der Waals surface area contributed by atoms with E-state index in [0.717, 1.165) is 16.9 Å². The monoisotopic (exact) mass is 336 g/mol. The molecular weight excluding hydrogens is 324 g/mol. The molecule has 17 heavy (non-hydrogen) atoms. The van der Waals surface area contributed by atoms with E-state index in [-0.39, 0.29) is 0 Å². The van der Waals surface area contributed by atoms with Crippen LogP contribution in [0, 0.1) is 3.20 Å². The SMILES string of the molecule is [Te]=c1cc(-c2ccccc2)oc2ccccc12. The first-order chi connectivity index (χ1) is 8.34. The molecule has 0 N–H and O–H groups in total. The molecule has 2 aromatic carbocycles. The molecular formula is C15H10OTe. The van der Waals surface area contributed by atoms with Crippen molar-refractivity contribution in [3.63, 3.8) is 0 Å². The van der Waals surface area contributed by atoms with Crippen LogP contribution in [0.1, 0.15) is 0 Å². The van der Waals surface area contributed by atoms with Gasteiger partial charge < -0.3 is 0 Å². The predicted molar refractivity (Wildman–Crippen MR) is 70.6 cm³/mol. The molecule has 0 aliphatic carbocycles. The third kappa shape index (κ3) is 2.07. The maximum atomic E-state index is 5.93. The van der Waals surface area contributed by atoms with Gasteiger partial charge in [-0.15, -0.1) is 0 Å². The molecule has 3 rings (SSSR count). The van der Waals surface area contributed by atoms with E-state index in [2.05, 4.69) is 24.3 Å². The van der Waals surface area contributed by atoms with E-state index in [1.54, 1.807) is 0 Å². The standard InChI is InChI=1S/C15H10OTe/c17-15-10-14(11-6-2-1-3-7-11)16-13-9-5-4-8-12(13)15/h1-10H. The van der Waals surface area contributed by atoms with Crippen molar-refractivity contribution in [2.24, 2.45) is 0 Å². The maximum absolute atomic E-state index is 5.93. The first-order valence-corrected chi connectivity index (χ1v) is 6.59. The van der Waals surface area contributed by atoms with Gasteiger partial charge in [0.05, 0.1) is 0 Å². The van der Waals surface area contributed by atoms with Crippen molar-refractivity contribution in [3.05, 3.63) is 63.9 Å². The predicted octanol–water partition coefficient (Wildman–Crippen LogP) is 3.80. The van der Waals surface area contributed by atoms with Gasteiger partial charge >= 0.3 is 112 Å². The fraction of sp³-hybridized carbons (Fsp3) is 0. The summed E-state index contributed by atoms with van der Waals surface area (Å²) < 4.78 is 7.18. The normalized spacial score (nSPS) is 10.6. The summed E-state index contributed by atoms with van der Waals surface area (Å²) in [6, 6.07) is 20.4. The molecule has 0 atom stereocenters. The van der Waals surface area contributed by atoms with E-state index in [4.69, 9.17) is 4.42 Å². The minimum atomic E-state index is 0.921. The van der Waals surface area contributed by atoms with Gasteiger partial charge in [-0.3, -0.25) is 0 Å². The second kappa shape index (κ2) is 4.49. The first-order valence-electron chi connectivity index (χ1n) is 5.43. The molecule has 0 fully saturated rings. The number of rotatable bonds is 1. The zero-order valence-electron chi connectivity index (χ0n) is 9.09. The Morgan fingerprint density at radius 1 is 0.824 bits per heavy atom. The molecule has 1 nitrogen and oxygen atoms in total. The van der Waals surface area contributed by atoms with Gasteiger partial charge in [0, 0.05) is 0 Å². The van der Waals surface area contributed by atoms with Gasteiger partial charge in [0.25, 0.3) is 0 Å². The summed E-state index contributed by atoms with van der Waals surface area (Å²) in [6.45, 7) is 0. The van der Waals surface area contributed by atoms with E-state index in [1.807, 2.05) is 58.2 Å². The minimum absolute atomic E-state index is 0.921. The third-order valence-electron chi connectivity index (χ3n) is 2.69. The van der Waals surface area contributed by atoms with E-state index in [0.29, 0.717) is 0 Å². The summed E-state index contributed by atoms with van der Waals surface area (Å²) in [7, 11) is 0. The Bertz CT molecular complexity index is 714. The summed E-state index contributed by atoms with van der Waals surface area (Å²) in [5.41, 5.74) is 2.05. The molecule has 3 aromatic rings. The van der Waals surface area contributed by atoms with E-state index >= 15 is 0 Å². The Morgan fingerprint density at radius 2 is 1.53 bits per heavy atom. The summed E-state index contributed by atoms with van der Waals surface area (Å²) >= 11 is 2.04. The van der Waals surface area contributed by atoms with Gasteiger partial charge in [-0.05, 0) is 0 Å². The second-order valence-electron chi connectivity index (χ2n) is 3.84. The molecule has 0 bridgehead atoms. The Labute approximate surface area is 112 Å². The molecule has 0 saturated carbocycles. The molecule has 2 heteroatoms. The summed E-state index contributed by atoms with van der Waals surface area (Å²) in [6.07, 6.45) is 0. The van der Waals surface area contributed by atoms with Gasteiger partial charge in [0.2, 0.25) is 0 Å². The number of fused-ring (bicyclic) bond motifs is 1. The zero-order valence-corrected chi connectivity index (χ0v) is 11.4. The van der Waals surface area contributed by atoms with Crippen LogP contribution in [0.2, 0.25) is 0 Å². The van der Waals surface area contributed by atoms with Crippen LogP contribution in [0.4, 0.5) is 0 Å². The van der Waals surface area contributed by atoms with Crippen molar-refractivity contribution in [1.82, 2.24) is 0 Å². The average Bonchev–Trinajstić information content (AvgIpc) is 2.40. The van der Waals surface area contributed by atoms with Crippen molar-refractivity contribution in [2.45, 2.75) is 0 Å². The van der Waals surface area contributed by atoms with Gasteiger partial charge in [-0.2, -0.15) is 0 Å². The van der Waals surface area contributed by atoms with E-state index in [9.17, 15) is 0 Å². The van der Waals surface area contributed by atoms with E-state index < -0.39 is 0 Å². The van der Waals surface area contributed by atoms with Gasteiger partial charge in [0.1, 0.15) is 0 Å². The van der Waals surface area contributed by atoms with Crippen LogP contribution in [-0.2, 0) is 0 Å². The summed E-state index contributed by atoms with van der Waals surface area (Å²) in [4.78, 5) is 0. The first kappa shape index (κ1) is 10.8. The van der Waals surface area contributed by atoms with Crippen LogP contribution >= 0.6 is 0 Å². The third-order valence-corrected chi connectivity index (χ3v) is 3.66. The molecule has 0 amide bonds. The van der Waals surface area contributed by atoms with E-state index in [1.165, 1.54) is 8.58 Å². The molecule has 82 valence electrons. The van der Waals surface area contributed by atoms with Crippen molar-refractivity contribution >= 4 is 32.8 Å². The zero-order chi connectivity index (χ0) is 11.7. The summed E-state index contributed by atoms with van der Waals surface area (Å²) in [5.74, 6) is 0.921. The molecule has 0 spiro atoms. The Balaban J connectivity index is 2.30.